The van der Waals surface area contributed by atoms with Gasteiger partial charge < -0.3 is 19.7 Å². The minimum Gasteiger partial charge on any atom is -0.481 e. The SMILES string of the molecule is O=C(O)CCCC(=O)OC(=O)CCCC(=O)O.O=C1CCCO1. The van der Waals surface area contributed by atoms with Crippen LogP contribution in [0.1, 0.15) is 51.4 Å². The monoisotopic (exact) mass is 332 g/mol. The first-order valence-electron chi connectivity index (χ1n) is 7.14. The molecule has 1 saturated heterocycles. The van der Waals surface area contributed by atoms with Crippen molar-refractivity contribution in [2.24, 2.45) is 0 Å². The van der Waals surface area contributed by atoms with Crippen molar-refractivity contribution in [3.8, 4) is 0 Å². The second-order valence-corrected chi connectivity index (χ2v) is 4.66. The lowest BCUT2D eigenvalue weighted by Crippen LogP contribution is -2.12. The van der Waals surface area contributed by atoms with Crippen LogP contribution in [-0.2, 0) is 33.4 Å². The second kappa shape index (κ2) is 12.1. The van der Waals surface area contributed by atoms with Crippen LogP contribution in [0.15, 0.2) is 0 Å². The van der Waals surface area contributed by atoms with Gasteiger partial charge in [-0.1, -0.05) is 0 Å². The van der Waals surface area contributed by atoms with E-state index in [-0.39, 0.29) is 44.5 Å². The van der Waals surface area contributed by atoms with Crippen LogP contribution in [0.3, 0.4) is 0 Å². The highest BCUT2D eigenvalue weighted by molar-refractivity contribution is 5.85. The molecule has 1 rings (SSSR count). The zero-order valence-electron chi connectivity index (χ0n) is 12.6. The predicted molar refractivity (Wildman–Crippen MR) is 74.3 cm³/mol. The Hall–Kier alpha value is -2.45. The summed E-state index contributed by atoms with van der Waals surface area (Å²) in [5, 5.41) is 16.6. The highest BCUT2D eigenvalue weighted by Gasteiger charge is 2.11. The van der Waals surface area contributed by atoms with E-state index in [1.807, 2.05) is 0 Å². The van der Waals surface area contributed by atoms with E-state index in [1.165, 1.54) is 0 Å². The fourth-order valence-corrected chi connectivity index (χ4v) is 1.47. The van der Waals surface area contributed by atoms with Crippen molar-refractivity contribution in [1.82, 2.24) is 0 Å². The number of hydrogen-bond donors (Lipinski definition) is 2. The average Bonchev–Trinajstić information content (AvgIpc) is 2.89. The van der Waals surface area contributed by atoms with Crippen LogP contribution >= 0.6 is 0 Å². The van der Waals surface area contributed by atoms with Gasteiger partial charge in [0.25, 0.3) is 0 Å². The summed E-state index contributed by atoms with van der Waals surface area (Å²) < 4.78 is 8.86. The maximum absolute atomic E-state index is 11.0. The highest BCUT2D eigenvalue weighted by Crippen LogP contribution is 2.02. The molecule has 0 aromatic rings. The van der Waals surface area contributed by atoms with Gasteiger partial charge in [0, 0.05) is 32.1 Å². The first-order valence-corrected chi connectivity index (χ1v) is 7.14. The lowest BCUT2D eigenvalue weighted by atomic mass is 10.2. The molecule has 0 aromatic heterocycles. The first-order chi connectivity index (χ1) is 10.8. The molecular formula is C14H20O9. The van der Waals surface area contributed by atoms with E-state index >= 15 is 0 Å². The Bertz CT molecular complexity index is 404. The third-order valence-electron chi connectivity index (χ3n) is 2.56. The van der Waals surface area contributed by atoms with Crippen molar-refractivity contribution >= 4 is 29.8 Å². The Morgan fingerprint density at radius 3 is 1.65 bits per heavy atom. The van der Waals surface area contributed by atoms with Gasteiger partial charge >= 0.3 is 29.8 Å². The summed E-state index contributed by atoms with van der Waals surface area (Å²) in [6.07, 6.45) is 1.14. The quantitative estimate of drug-likeness (QED) is 0.489. The fraction of sp³-hybridized carbons (Fsp3) is 0.643. The molecule has 0 radical (unpaired) electrons. The van der Waals surface area contributed by atoms with Crippen LogP contribution in [-0.4, -0.2) is 46.7 Å². The van der Waals surface area contributed by atoms with Gasteiger partial charge in [0.2, 0.25) is 0 Å². The van der Waals surface area contributed by atoms with Crippen LogP contribution < -0.4 is 0 Å². The molecule has 0 spiro atoms. The van der Waals surface area contributed by atoms with Crippen molar-refractivity contribution in [2.45, 2.75) is 51.4 Å². The van der Waals surface area contributed by atoms with Gasteiger partial charge in [0.1, 0.15) is 0 Å². The van der Waals surface area contributed by atoms with Crippen LogP contribution in [0.4, 0.5) is 0 Å². The number of carbonyl (C=O) groups excluding carboxylic acids is 3. The number of esters is 3. The summed E-state index contributed by atoms with van der Waals surface area (Å²) in [6, 6.07) is 0. The molecule has 0 atom stereocenters. The molecule has 0 bridgehead atoms. The van der Waals surface area contributed by atoms with Crippen molar-refractivity contribution in [3.63, 3.8) is 0 Å². The van der Waals surface area contributed by atoms with E-state index in [4.69, 9.17) is 10.2 Å². The molecule has 1 heterocycles. The molecule has 0 aromatic carbocycles. The van der Waals surface area contributed by atoms with Gasteiger partial charge in [0.15, 0.2) is 0 Å². The number of aliphatic carboxylic acids is 2. The average molecular weight is 332 g/mol. The number of hydrogen-bond acceptors (Lipinski definition) is 7. The lowest BCUT2D eigenvalue weighted by molar-refractivity contribution is -0.159. The summed E-state index contributed by atoms with van der Waals surface area (Å²) in [5.74, 6) is -3.66. The standard InChI is InChI=1S/C10H14O7.C4H6O2/c11-7(12)3-1-5-9(15)17-10(16)6-2-4-8(13)14;5-4-2-1-3-6-4/h1-6H2,(H,11,12)(H,13,14);1-3H2. The van der Waals surface area contributed by atoms with E-state index in [1.54, 1.807) is 0 Å². The highest BCUT2D eigenvalue weighted by atomic mass is 16.6. The van der Waals surface area contributed by atoms with Gasteiger partial charge in [0.05, 0.1) is 6.61 Å². The van der Waals surface area contributed by atoms with Crippen LogP contribution in [0.25, 0.3) is 0 Å². The number of cyclic esters (lactones) is 1. The molecule has 130 valence electrons. The van der Waals surface area contributed by atoms with E-state index < -0.39 is 23.9 Å². The molecule has 0 aliphatic carbocycles. The maximum atomic E-state index is 11.0. The molecule has 2 N–H and O–H groups in total. The molecule has 1 aliphatic rings. The molecule has 0 amide bonds. The van der Waals surface area contributed by atoms with Gasteiger partial charge in [-0.15, -0.1) is 0 Å². The summed E-state index contributed by atoms with van der Waals surface area (Å²) in [5.41, 5.74) is 0. The van der Waals surface area contributed by atoms with Crippen LogP contribution in [0.2, 0.25) is 0 Å². The largest absolute Gasteiger partial charge is 0.481 e. The summed E-state index contributed by atoms with van der Waals surface area (Å²) in [4.78, 5) is 52.2. The summed E-state index contributed by atoms with van der Waals surface area (Å²) in [6.45, 7) is 0.638. The molecule has 1 fully saturated rings. The van der Waals surface area contributed by atoms with E-state index in [2.05, 4.69) is 9.47 Å². The van der Waals surface area contributed by atoms with E-state index in [0.717, 1.165) is 6.42 Å². The zero-order chi connectivity index (χ0) is 17.7. The molecule has 23 heavy (non-hydrogen) atoms. The Balaban J connectivity index is 0.000000664. The number of carbonyl (C=O) groups is 5. The van der Waals surface area contributed by atoms with Crippen LogP contribution in [0, 0.1) is 0 Å². The Kier molecular flexibility index (Phi) is 10.8. The van der Waals surface area contributed by atoms with Gasteiger partial charge in [-0.3, -0.25) is 24.0 Å². The predicted octanol–water partition coefficient (Wildman–Crippen LogP) is 0.889. The van der Waals surface area contributed by atoms with Crippen molar-refractivity contribution < 1.29 is 43.7 Å². The Morgan fingerprint density at radius 1 is 0.913 bits per heavy atom. The van der Waals surface area contributed by atoms with E-state index in [9.17, 15) is 24.0 Å². The molecule has 0 unspecified atom stereocenters. The molecule has 9 nitrogen and oxygen atoms in total. The molecule has 1 aliphatic heterocycles. The Labute approximate surface area is 132 Å². The van der Waals surface area contributed by atoms with Crippen molar-refractivity contribution in [2.75, 3.05) is 6.61 Å². The topological polar surface area (TPSA) is 144 Å². The second-order valence-electron chi connectivity index (χ2n) is 4.66. The van der Waals surface area contributed by atoms with E-state index in [0.29, 0.717) is 13.0 Å². The smallest absolute Gasteiger partial charge is 0.313 e. The van der Waals surface area contributed by atoms with Crippen LogP contribution in [0.5, 0.6) is 0 Å². The minimum atomic E-state index is -1.02. The first kappa shape index (κ1) is 20.6. The Morgan fingerprint density at radius 2 is 1.39 bits per heavy atom. The summed E-state index contributed by atoms with van der Waals surface area (Å²) in [7, 11) is 0. The number of ether oxygens (including phenoxy) is 2. The summed E-state index contributed by atoms with van der Waals surface area (Å²) >= 11 is 0. The van der Waals surface area contributed by atoms with Gasteiger partial charge in [-0.05, 0) is 19.3 Å². The minimum absolute atomic E-state index is 0.0463. The number of rotatable bonds is 8. The number of carboxylic acid groups (broad SMARTS) is 2. The van der Waals surface area contributed by atoms with Gasteiger partial charge in [-0.25, -0.2) is 0 Å². The van der Waals surface area contributed by atoms with Crippen molar-refractivity contribution in [1.29, 1.82) is 0 Å². The third-order valence-corrected chi connectivity index (χ3v) is 2.56. The molecular weight excluding hydrogens is 312 g/mol. The van der Waals surface area contributed by atoms with Crippen molar-refractivity contribution in [3.05, 3.63) is 0 Å². The molecule has 9 heteroatoms. The van der Waals surface area contributed by atoms with Gasteiger partial charge in [-0.2, -0.15) is 0 Å². The normalized spacial score (nSPS) is 12.6. The maximum Gasteiger partial charge on any atom is 0.313 e. The lowest BCUT2D eigenvalue weighted by Gasteiger charge is -2.01. The molecule has 0 saturated carbocycles. The zero-order valence-corrected chi connectivity index (χ0v) is 12.6. The third kappa shape index (κ3) is 14.3. The number of carboxylic acids is 2. The fourth-order valence-electron chi connectivity index (χ4n) is 1.47.